The Bertz CT molecular complexity index is 2350. The number of benzene rings is 7. The zero-order valence-electron chi connectivity index (χ0n) is 22.1. The Morgan fingerprint density at radius 1 is 0.488 bits per heavy atom. The first kappa shape index (κ1) is 22.7. The Balaban J connectivity index is 1.27. The van der Waals surface area contributed by atoms with Crippen LogP contribution in [0.5, 0.6) is 0 Å². The van der Waals surface area contributed by atoms with Gasteiger partial charge in [0.15, 0.2) is 0 Å². The summed E-state index contributed by atoms with van der Waals surface area (Å²) in [6, 6.07) is 50.4. The fourth-order valence-corrected chi connectivity index (χ4v) is 7.65. The van der Waals surface area contributed by atoms with Crippen molar-refractivity contribution >= 4 is 81.1 Å². The van der Waals surface area contributed by atoms with Crippen LogP contribution in [0.3, 0.4) is 0 Å². The van der Waals surface area contributed by atoms with Gasteiger partial charge in [0.05, 0.1) is 10.2 Å². The SMILES string of the molecule is c1ccc(-c2ccc(N(c3ccccc3)c3cc4ccc5cc6c7ccccc7sc6c6[nH]c(c3)c4c56)cc2)cc1. The van der Waals surface area contributed by atoms with Crippen molar-refractivity contribution in [1.82, 2.24) is 4.98 Å². The normalized spacial score (nSPS) is 11.9. The Labute approximate surface area is 241 Å². The van der Waals surface area contributed by atoms with E-state index in [1.54, 1.807) is 0 Å². The maximum absolute atomic E-state index is 3.88. The molecular formula is C38H24N2S. The number of aromatic nitrogens is 1. The predicted molar refractivity (Wildman–Crippen MR) is 178 cm³/mol. The molecular weight excluding hydrogens is 516 g/mol. The van der Waals surface area contributed by atoms with Crippen LogP contribution in [-0.4, -0.2) is 4.98 Å². The first-order valence-corrected chi connectivity index (χ1v) is 14.8. The predicted octanol–water partition coefficient (Wildman–Crippen LogP) is 11.4. The lowest BCUT2D eigenvalue weighted by Gasteiger charge is -2.26. The van der Waals surface area contributed by atoms with Crippen molar-refractivity contribution in [3.05, 3.63) is 140 Å². The van der Waals surface area contributed by atoms with E-state index in [1.165, 1.54) is 63.9 Å². The molecule has 0 saturated heterocycles. The highest BCUT2D eigenvalue weighted by atomic mass is 32.1. The summed E-state index contributed by atoms with van der Waals surface area (Å²) in [7, 11) is 0. The van der Waals surface area contributed by atoms with Crippen molar-refractivity contribution in [2.45, 2.75) is 0 Å². The molecule has 3 heteroatoms. The summed E-state index contributed by atoms with van der Waals surface area (Å²) in [5.74, 6) is 0. The van der Waals surface area contributed by atoms with Crippen LogP contribution in [0.2, 0.25) is 0 Å². The molecule has 0 spiro atoms. The molecule has 0 aliphatic heterocycles. The van der Waals surface area contributed by atoms with Gasteiger partial charge >= 0.3 is 0 Å². The molecule has 7 aromatic carbocycles. The van der Waals surface area contributed by atoms with Crippen molar-refractivity contribution in [2.24, 2.45) is 0 Å². The molecule has 0 fully saturated rings. The van der Waals surface area contributed by atoms with E-state index in [2.05, 4.69) is 149 Å². The number of rotatable bonds is 4. The molecule has 2 heterocycles. The minimum atomic E-state index is 1.13. The van der Waals surface area contributed by atoms with Crippen LogP contribution in [0.15, 0.2) is 140 Å². The summed E-state index contributed by atoms with van der Waals surface area (Å²) in [5.41, 5.74) is 8.26. The molecule has 192 valence electrons. The highest BCUT2D eigenvalue weighted by Gasteiger charge is 2.20. The fourth-order valence-electron chi connectivity index (χ4n) is 6.46. The zero-order valence-corrected chi connectivity index (χ0v) is 23.0. The molecule has 0 aliphatic rings. The van der Waals surface area contributed by atoms with Crippen LogP contribution in [0.1, 0.15) is 0 Å². The number of nitrogens with one attached hydrogen (secondary N) is 1. The minimum absolute atomic E-state index is 1.13. The standard InChI is InChI=1S/C38H24N2S/c1-3-9-24(10-4-1)25-17-19-29(20-18-25)40(28-11-5-2-6-12-28)30-21-26-15-16-27-22-32-31-13-7-8-14-34(31)41-38(32)37-36(27)35(26)33(23-30)39-37/h1-23,39H. The summed E-state index contributed by atoms with van der Waals surface area (Å²) in [6.45, 7) is 0. The molecule has 0 saturated carbocycles. The number of aromatic amines is 1. The molecule has 0 aliphatic carbocycles. The second-order valence-electron chi connectivity index (χ2n) is 10.7. The van der Waals surface area contributed by atoms with Crippen LogP contribution in [0.25, 0.3) is 63.9 Å². The minimum Gasteiger partial charge on any atom is -0.353 e. The van der Waals surface area contributed by atoms with Crippen LogP contribution in [-0.2, 0) is 0 Å². The van der Waals surface area contributed by atoms with E-state index in [-0.39, 0.29) is 0 Å². The van der Waals surface area contributed by atoms with Gasteiger partial charge in [0, 0.05) is 48.8 Å². The monoisotopic (exact) mass is 540 g/mol. The largest absolute Gasteiger partial charge is 0.353 e. The third kappa shape index (κ3) is 3.43. The van der Waals surface area contributed by atoms with Gasteiger partial charge in [-0.05, 0) is 70.4 Å². The van der Waals surface area contributed by atoms with Crippen molar-refractivity contribution in [1.29, 1.82) is 0 Å². The molecule has 2 aromatic heterocycles. The molecule has 0 amide bonds. The topological polar surface area (TPSA) is 19.0 Å². The molecule has 9 rings (SSSR count). The Kier molecular flexibility index (Phi) is 4.80. The van der Waals surface area contributed by atoms with Gasteiger partial charge in [-0.15, -0.1) is 11.3 Å². The molecule has 0 radical (unpaired) electrons. The number of fused-ring (bicyclic) bond motifs is 4. The third-order valence-corrected chi connectivity index (χ3v) is 9.51. The van der Waals surface area contributed by atoms with E-state index in [0.29, 0.717) is 0 Å². The lowest BCUT2D eigenvalue weighted by molar-refractivity contribution is 1.29. The number of hydrogen-bond acceptors (Lipinski definition) is 2. The number of hydrogen-bond donors (Lipinski definition) is 1. The summed E-state index contributed by atoms with van der Waals surface area (Å²) in [6.07, 6.45) is 0. The van der Waals surface area contributed by atoms with Crippen LogP contribution < -0.4 is 4.90 Å². The Morgan fingerprint density at radius 2 is 1.15 bits per heavy atom. The first-order valence-electron chi connectivity index (χ1n) is 13.9. The zero-order chi connectivity index (χ0) is 26.9. The first-order chi connectivity index (χ1) is 20.3. The maximum Gasteiger partial charge on any atom is 0.0652 e. The van der Waals surface area contributed by atoms with Crippen LogP contribution >= 0.6 is 11.3 Å². The molecule has 9 aromatic rings. The molecule has 0 bridgehead atoms. The van der Waals surface area contributed by atoms with Crippen molar-refractivity contribution in [2.75, 3.05) is 4.90 Å². The van der Waals surface area contributed by atoms with E-state index in [9.17, 15) is 0 Å². The average molecular weight is 541 g/mol. The van der Waals surface area contributed by atoms with Gasteiger partial charge < -0.3 is 9.88 Å². The number of nitrogens with zero attached hydrogens (tertiary/aromatic N) is 1. The van der Waals surface area contributed by atoms with E-state index < -0.39 is 0 Å². The fraction of sp³-hybridized carbons (Fsp3) is 0. The van der Waals surface area contributed by atoms with E-state index in [0.717, 1.165) is 17.1 Å². The third-order valence-electron chi connectivity index (χ3n) is 8.31. The molecule has 2 nitrogen and oxygen atoms in total. The summed E-state index contributed by atoms with van der Waals surface area (Å²) >= 11 is 1.88. The van der Waals surface area contributed by atoms with Crippen molar-refractivity contribution < 1.29 is 0 Å². The number of thiophene rings is 1. The van der Waals surface area contributed by atoms with Crippen molar-refractivity contribution in [3.8, 4) is 11.1 Å². The lowest BCUT2D eigenvalue weighted by atomic mass is 9.99. The van der Waals surface area contributed by atoms with E-state index in [1.807, 2.05) is 11.3 Å². The summed E-state index contributed by atoms with van der Waals surface area (Å²) < 4.78 is 2.67. The van der Waals surface area contributed by atoms with Gasteiger partial charge in [-0.25, -0.2) is 0 Å². The van der Waals surface area contributed by atoms with Crippen molar-refractivity contribution in [3.63, 3.8) is 0 Å². The van der Waals surface area contributed by atoms with Gasteiger partial charge in [-0.3, -0.25) is 0 Å². The molecule has 0 unspecified atom stereocenters. The highest BCUT2D eigenvalue weighted by molar-refractivity contribution is 7.26. The summed E-state index contributed by atoms with van der Waals surface area (Å²) in [4.78, 5) is 6.23. The Morgan fingerprint density at radius 3 is 1.95 bits per heavy atom. The summed E-state index contributed by atoms with van der Waals surface area (Å²) in [5, 5.41) is 7.85. The second kappa shape index (κ2) is 8.69. The average Bonchev–Trinajstić information content (AvgIpc) is 3.61. The van der Waals surface area contributed by atoms with Gasteiger partial charge in [0.2, 0.25) is 0 Å². The smallest absolute Gasteiger partial charge is 0.0652 e. The highest BCUT2D eigenvalue weighted by Crippen LogP contribution is 2.46. The van der Waals surface area contributed by atoms with Crippen LogP contribution in [0, 0.1) is 0 Å². The lowest BCUT2D eigenvalue weighted by Crippen LogP contribution is -2.09. The maximum atomic E-state index is 3.88. The van der Waals surface area contributed by atoms with Gasteiger partial charge in [0.25, 0.3) is 0 Å². The van der Waals surface area contributed by atoms with E-state index in [4.69, 9.17) is 0 Å². The van der Waals surface area contributed by atoms with Gasteiger partial charge in [-0.1, -0.05) is 91.0 Å². The molecule has 1 N–H and O–H groups in total. The molecule has 0 atom stereocenters. The van der Waals surface area contributed by atoms with Gasteiger partial charge in [-0.2, -0.15) is 0 Å². The van der Waals surface area contributed by atoms with E-state index >= 15 is 0 Å². The molecule has 41 heavy (non-hydrogen) atoms. The number of para-hydroxylation sites is 1. The van der Waals surface area contributed by atoms with Crippen LogP contribution in [0.4, 0.5) is 17.1 Å². The quantitative estimate of drug-likeness (QED) is 0.220. The Hall–Kier alpha value is -5.12. The number of H-pyrrole nitrogens is 1. The van der Waals surface area contributed by atoms with Gasteiger partial charge in [0.1, 0.15) is 0 Å². The second-order valence-corrected chi connectivity index (χ2v) is 11.7. The number of anilines is 3.